The van der Waals surface area contributed by atoms with Crippen LogP contribution in [0.4, 0.5) is 5.69 Å². The number of amides is 2. The second-order valence-electron chi connectivity index (χ2n) is 5.92. The number of ether oxygens (including phenoxy) is 2. The maximum Gasteiger partial charge on any atom is 0.265 e. The van der Waals surface area contributed by atoms with Crippen molar-refractivity contribution >= 4 is 28.8 Å². The van der Waals surface area contributed by atoms with Crippen LogP contribution in [0.3, 0.4) is 0 Å². The van der Waals surface area contributed by atoms with Gasteiger partial charge in [0.05, 0.1) is 4.88 Å². The van der Waals surface area contributed by atoms with E-state index in [1.807, 2.05) is 24.3 Å². The number of rotatable bonds is 4. The fourth-order valence-electron chi connectivity index (χ4n) is 2.72. The highest BCUT2D eigenvalue weighted by molar-refractivity contribution is 7.17. The van der Waals surface area contributed by atoms with E-state index in [9.17, 15) is 9.59 Å². The van der Waals surface area contributed by atoms with Gasteiger partial charge in [-0.2, -0.15) is 0 Å². The van der Waals surface area contributed by atoms with Crippen molar-refractivity contribution in [2.24, 2.45) is 5.73 Å². The van der Waals surface area contributed by atoms with Gasteiger partial charge < -0.3 is 20.5 Å². The Morgan fingerprint density at radius 2 is 1.67 bits per heavy atom. The summed E-state index contributed by atoms with van der Waals surface area (Å²) in [5, 5.41) is 2.81. The van der Waals surface area contributed by atoms with E-state index in [0.29, 0.717) is 35.1 Å². The molecular weight excluding hydrogens is 364 g/mol. The van der Waals surface area contributed by atoms with Gasteiger partial charge in [-0.25, -0.2) is 0 Å². The number of primary amides is 1. The standard InChI is InChI=1S/C20H16N2O4S/c21-19(23)12-1-4-14(5-2-12)22-20(24)18-8-7-17(27-18)13-3-6-15-16(11-13)26-10-9-25-15/h1-8,11H,9-10H2,(H2,21,23)(H,22,24). The van der Waals surface area contributed by atoms with Gasteiger partial charge in [-0.15, -0.1) is 11.3 Å². The molecule has 0 saturated heterocycles. The number of nitrogens with one attached hydrogen (secondary N) is 1. The smallest absolute Gasteiger partial charge is 0.265 e. The first-order valence-corrected chi connectivity index (χ1v) is 9.13. The van der Waals surface area contributed by atoms with Gasteiger partial charge in [-0.1, -0.05) is 0 Å². The summed E-state index contributed by atoms with van der Waals surface area (Å²) in [7, 11) is 0. The number of carbonyl (C=O) groups excluding carboxylic acids is 2. The normalized spacial score (nSPS) is 12.4. The minimum absolute atomic E-state index is 0.212. The van der Waals surface area contributed by atoms with Crippen LogP contribution in [0, 0.1) is 0 Å². The average molecular weight is 380 g/mol. The average Bonchev–Trinajstić information content (AvgIpc) is 3.18. The molecule has 0 fully saturated rings. The molecule has 6 nitrogen and oxygen atoms in total. The zero-order valence-electron chi connectivity index (χ0n) is 14.2. The molecule has 1 aromatic heterocycles. The lowest BCUT2D eigenvalue weighted by Crippen LogP contribution is -2.15. The molecule has 0 bridgehead atoms. The molecule has 27 heavy (non-hydrogen) atoms. The molecular formula is C20H16N2O4S. The van der Waals surface area contributed by atoms with Crippen LogP contribution in [0.5, 0.6) is 11.5 Å². The van der Waals surface area contributed by atoms with Gasteiger partial charge in [0.25, 0.3) is 5.91 Å². The summed E-state index contributed by atoms with van der Waals surface area (Å²) in [6.07, 6.45) is 0. The summed E-state index contributed by atoms with van der Waals surface area (Å²) >= 11 is 1.39. The SMILES string of the molecule is NC(=O)c1ccc(NC(=O)c2ccc(-c3ccc4c(c3)OCCO4)s2)cc1. The number of hydrogen-bond acceptors (Lipinski definition) is 5. The van der Waals surface area contributed by atoms with Crippen molar-refractivity contribution in [1.29, 1.82) is 0 Å². The van der Waals surface area contributed by atoms with Crippen molar-refractivity contribution in [3.8, 4) is 21.9 Å². The summed E-state index contributed by atoms with van der Waals surface area (Å²) in [6, 6.07) is 15.9. The first-order valence-electron chi connectivity index (χ1n) is 8.31. The summed E-state index contributed by atoms with van der Waals surface area (Å²) in [5.41, 5.74) is 7.17. The number of nitrogens with two attached hydrogens (primary N) is 1. The van der Waals surface area contributed by atoms with E-state index in [1.54, 1.807) is 30.3 Å². The maximum absolute atomic E-state index is 12.5. The number of anilines is 1. The minimum atomic E-state index is -0.504. The first kappa shape index (κ1) is 17.1. The molecule has 1 aliphatic rings. The molecule has 0 unspecified atom stereocenters. The first-order chi connectivity index (χ1) is 13.1. The third kappa shape index (κ3) is 3.63. The predicted octanol–water partition coefficient (Wildman–Crippen LogP) is 3.54. The molecule has 136 valence electrons. The summed E-state index contributed by atoms with van der Waals surface area (Å²) in [5.74, 6) is 0.734. The van der Waals surface area contributed by atoms with Crippen molar-refractivity contribution in [2.45, 2.75) is 0 Å². The largest absolute Gasteiger partial charge is 0.486 e. The number of benzene rings is 2. The van der Waals surface area contributed by atoms with E-state index >= 15 is 0 Å². The molecule has 1 aliphatic heterocycles. The third-order valence-corrected chi connectivity index (χ3v) is 5.22. The van der Waals surface area contributed by atoms with E-state index in [2.05, 4.69) is 5.32 Å². The van der Waals surface area contributed by atoms with Gasteiger partial charge in [0.2, 0.25) is 5.91 Å². The van der Waals surface area contributed by atoms with Gasteiger partial charge in [0.15, 0.2) is 11.5 Å². The van der Waals surface area contributed by atoms with E-state index in [-0.39, 0.29) is 5.91 Å². The molecule has 3 aromatic rings. The van der Waals surface area contributed by atoms with Crippen LogP contribution in [-0.4, -0.2) is 25.0 Å². The number of carbonyl (C=O) groups is 2. The molecule has 0 atom stereocenters. The highest BCUT2D eigenvalue weighted by atomic mass is 32.1. The second kappa shape index (κ2) is 7.13. The van der Waals surface area contributed by atoms with Crippen LogP contribution in [-0.2, 0) is 0 Å². The lowest BCUT2D eigenvalue weighted by molar-refractivity contribution is 0.0998. The Balaban J connectivity index is 1.50. The lowest BCUT2D eigenvalue weighted by Gasteiger charge is -2.18. The van der Waals surface area contributed by atoms with Gasteiger partial charge in [0, 0.05) is 16.1 Å². The van der Waals surface area contributed by atoms with Gasteiger partial charge in [0.1, 0.15) is 13.2 Å². The Morgan fingerprint density at radius 1 is 0.926 bits per heavy atom. The Kier molecular flexibility index (Phi) is 4.52. The van der Waals surface area contributed by atoms with E-state index in [1.165, 1.54) is 11.3 Å². The number of hydrogen-bond donors (Lipinski definition) is 2. The molecule has 2 heterocycles. The number of thiophene rings is 1. The molecule has 0 radical (unpaired) electrons. The monoisotopic (exact) mass is 380 g/mol. The van der Waals surface area contributed by atoms with Gasteiger partial charge in [-0.05, 0) is 60.2 Å². The fourth-order valence-corrected chi connectivity index (χ4v) is 3.62. The van der Waals surface area contributed by atoms with E-state index < -0.39 is 5.91 Å². The third-order valence-electron chi connectivity index (χ3n) is 4.08. The molecule has 2 amide bonds. The zero-order chi connectivity index (χ0) is 18.8. The van der Waals surface area contributed by atoms with Crippen LogP contribution in [0.1, 0.15) is 20.0 Å². The molecule has 0 aliphatic carbocycles. The van der Waals surface area contributed by atoms with Crippen LogP contribution in [0.2, 0.25) is 0 Å². The minimum Gasteiger partial charge on any atom is -0.486 e. The van der Waals surface area contributed by atoms with E-state index in [0.717, 1.165) is 16.2 Å². The molecule has 2 aromatic carbocycles. The zero-order valence-corrected chi connectivity index (χ0v) is 15.0. The summed E-state index contributed by atoms with van der Waals surface area (Å²) in [4.78, 5) is 25.1. The van der Waals surface area contributed by atoms with Crippen LogP contribution in [0.25, 0.3) is 10.4 Å². The Hall–Kier alpha value is -3.32. The topological polar surface area (TPSA) is 90.7 Å². The van der Waals surface area contributed by atoms with Crippen molar-refractivity contribution in [1.82, 2.24) is 0 Å². The fraction of sp³-hybridized carbons (Fsp3) is 0.100. The molecule has 3 N–H and O–H groups in total. The molecule has 0 spiro atoms. The maximum atomic E-state index is 12.5. The number of fused-ring (bicyclic) bond motifs is 1. The molecule has 4 rings (SSSR count). The summed E-state index contributed by atoms with van der Waals surface area (Å²) in [6.45, 7) is 1.08. The Morgan fingerprint density at radius 3 is 2.41 bits per heavy atom. The van der Waals surface area contributed by atoms with Crippen molar-refractivity contribution in [3.05, 3.63) is 65.0 Å². The molecule has 7 heteroatoms. The van der Waals surface area contributed by atoms with Gasteiger partial charge >= 0.3 is 0 Å². The van der Waals surface area contributed by atoms with Gasteiger partial charge in [-0.3, -0.25) is 9.59 Å². The highest BCUT2D eigenvalue weighted by Gasteiger charge is 2.15. The lowest BCUT2D eigenvalue weighted by atomic mass is 10.1. The van der Waals surface area contributed by atoms with Crippen molar-refractivity contribution in [3.63, 3.8) is 0 Å². The quantitative estimate of drug-likeness (QED) is 0.724. The second-order valence-corrected chi connectivity index (χ2v) is 7.00. The van der Waals surface area contributed by atoms with Crippen LogP contribution < -0.4 is 20.5 Å². The van der Waals surface area contributed by atoms with Crippen LogP contribution in [0.15, 0.2) is 54.6 Å². The highest BCUT2D eigenvalue weighted by Crippen LogP contribution is 2.37. The predicted molar refractivity (Wildman–Crippen MR) is 104 cm³/mol. The van der Waals surface area contributed by atoms with Crippen molar-refractivity contribution < 1.29 is 19.1 Å². The summed E-state index contributed by atoms with van der Waals surface area (Å²) < 4.78 is 11.1. The van der Waals surface area contributed by atoms with Crippen molar-refractivity contribution in [2.75, 3.05) is 18.5 Å². The molecule has 0 saturated carbocycles. The van der Waals surface area contributed by atoms with Crippen LogP contribution >= 0.6 is 11.3 Å². The van der Waals surface area contributed by atoms with E-state index in [4.69, 9.17) is 15.2 Å². The Bertz CT molecular complexity index is 1010. The Labute approximate surface area is 159 Å².